The van der Waals surface area contributed by atoms with Crippen molar-refractivity contribution in [1.82, 2.24) is 4.98 Å². The number of hydrogen-bond donors (Lipinski definition) is 2. The number of ether oxygens (including phenoxy) is 1. The highest BCUT2D eigenvalue weighted by Crippen LogP contribution is 2.35. The van der Waals surface area contributed by atoms with Gasteiger partial charge in [-0.25, -0.2) is 0 Å². The van der Waals surface area contributed by atoms with E-state index in [1.54, 1.807) is 36.4 Å². The molecule has 2 aromatic carbocycles. The highest BCUT2D eigenvalue weighted by atomic mass is 16.5. The molecule has 1 aromatic heterocycles. The van der Waals surface area contributed by atoms with Gasteiger partial charge in [0.2, 0.25) is 5.88 Å². The van der Waals surface area contributed by atoms with Gasteiger partial charge in [-0.05, 0) is 18.2 Å². The van der Waals surface area contributed by atoms with Gasteiger partial charge in [0.25, 0.3) is 5.91 Å². The molecule has 0 bridgehead atoms. The smallest absolute Gasteiger partial charge is 0.299 e. The second kappa shape index (κ2) is 5.69. The number of methoxy groups -OCH3 is 1. The highest BCUT2D eigenvalue weighted by molar-refractivity contribution is 5.98. The molecule has 3 rings (SSSR count). The summed E-state index contributed by atoms with van der Waals surface area (Å²) in [5.41, 5.74) is 1.27. The van der Waals surface area contributed by atoms with Gasteiger partial charge in [-0.15, -0.1) is 10.2 Å². The minimum absolute atomic E-state index is 0.127. The van der Waals surface area contributed by atoms with Crippen LogP contribution in [0.4, 0.5) is 5.69 Å². The summed E-state index contributed by atoms with van der Waals surface area (Å²) >= 11 is 0. The van der Waals surface area contributed by atoms with E-state index in [9.17, 15) is 9.90 Å². The number of nitrogens with one attached hydrogen (secondary N) is 1. The second-order valence-electron chi connectivity index (χ2n) is 4.57. The van der Waals surface area contributed by atoms with E-state index >= 15 is 0 Å². The number of carbonyl (C=O) groups excluding carboxylic acids is 1. The molecule has 3 aromatic rings. The summed E-state index contributed by atoms with van der Waals surface area (Å²) in [5.74, 6) is -0.241. The van der Waals surface area contributed by atoms with Crippen LogP contribution >= 0.6 is 0 Å². The second-order valence-corrected chi connectivity index (χ2v) is 4.57. The molecule has 0 radical (unpaired) electrons. The Morgan fingerprint density at radius 1 is 1.14 bits per heavy atom. The van der Waals surface area contributed by atoms with Crippen molar-refractivity contribution in [2.75, 3.05) is 7.11 Å². The van der Waals surface area contributed by atoms with Crippen molar-refractivity contribution in [3.05, 3.63) is 54.1 Å². The number of rotatable bonds is 3. The van der Waals surface area contributed by atoms with E-state index in [4.69, 9.17) is 4.74 Å². The predicted octanol–water partition coefficient (Wildman–Crippen LogP) is 3.81. The maximum absolute atomic E-state index is 12.1. The van der Waals surface area contributed by atoms with Crippen LogP contribution in [0.2, 0.25) is 0 Å². The first-order valence-corrected chi connectivity index (χ1v) is 6.59. The van der Waals surface area contributed by atoms with Crippen molar-refractivity contribution in [3.8, 4) is 11.6 Å². The zero-order chi connectivity index (χ0) is 15.5. The number of nitrogens with zero attached hydrogens (tertiary/aromatic N) is 2. The number of carbonyl (C=O) groups is 1. The molecule has 0 spiro atoms. The van der Waals surface area contributed by atoms with Gasteiger partial charge >= 0.3 is 0 Å². The molecule has 0 saturated carbocycles. The molecule has 0 unspecified atom stereocenters. The zero-order valence-electron chi connectivity index (χ0n) is 11.8. The van der Waals surface area contributed by atoms with E-state index < -0.39 is 5.91 Å². The lowest BCUT2D eigenvalue weighted by molar-refractivity contribution is 0.0992. The fourth-order valence-corrected chi connectivity index (χ4v) is 2.18. The number of azo groups is 1. The molecule has 0 aliphatic heterocycles. The van der Waals surface area contributed by atoms with Crippen molar-refractivity contribution >= 4 is 22.5 Å². The normalized spacial score (nSPS) is 11.1. The van der Waals surface area contributed by atoms with E-state index in [2.05, 4.69) is 15.2 Å². The molecular formula is C16H13N3O3. The van der Waals surface area contributed by atoms with Crippen molar-refractivity contribution in [3.63, 3.8) is 0 Å². The molecule has 6 nitrogen and oxygen atoms in total. The van der Waals surface area contributed by atoms with E-state index in [-0.39, 0.29) is 11.6 Å². The monoisotopic (exact) mass is 295 g/mol. The molecule has 6 heteroatoms. The number of fused-ring (bicyclic) bond motifs is 1. The van der Waals surface area contributed by atoms with Gasteiger partial charge in [-0.1, -0.05) is 30.3 Å². The third-order valence-electron chi connectivity index (χ3n) is 3.24. The standard InChI is InChI=1S/C16H13N3O3/c1-22-13-9-5-3-7-11(13)15(20)19-18-14-10-6-2-4-8-12(10)17-16(14)21/h2-9,17,21H,1H3. The predicted molar refractivity (Wildman–Crippen MR) is 81.8 cm³/mol. The molecule has 2 N–H and O–H groups in total. The zero-order valence-corrected chi connectivity index (χ0v) is 11.8. The van der Waals surface area contributed by atoms with Gasteiger partial charge in [-0.3, -0.25) is 4.79 Å². The Kier molecular flexibility index (Phi) is 3.57. The minimum Gasteiger partial charge on any atom is -0.496 e. The number of benzene rings is 2. The molecule has 0 fully saturated rings. The van der Waals surface area contributed by atoms with Crippen molar-refractivity contribution in [2.45, 2.75) is 0 Å². The van der Waals surface area contributed by atoms with Crippen molar-refractivity contribution in [1.29, 1.82) is 0 Å². The van der Waals surface area contributed by atoms with Gasteiger partial charge in [0.1, 0.15) is 5.75 Å². The van der Waals surface area contributed by atoms with E-state index in [0.717, 1.165) is 5.52 Å². The van der Waals surface area contributed by atoms with Gasteiger partial charge in [0.15, 0.2) is 5.69 Å². The van der Waals surface area contributed by atoms with E-state index in [1.165, 1.54) is 7.11 Å². The SMILES string of the molecule is COc1ccccc1C(=O)N=Nc1c(O)[nH]c2ccccc12. The number of H-pyrrole nitrogens is 1. The number of para-hydroxylation sites is 2. The quantitative estimate of drug-likeness (QED) is 0.720. The summed E-state index contributed by atoms with van der Waals surface area (Å²) in [5, 5.41) is 18.1. The fourth-order valence-electron chi connectivity index (χ4n) is 2.18. The number of aromatic hydroxyl groups is 1. The van der Waals surface area contributed by atoms with E-state index in [1.807, 2.05) is 12.1 Å². The Morgan fingerprint density at radius 2 is 1.86 bits per heavy atom. The first-order valence-electron chi connectivity index (χ1n) is 6.59. The third-order valence-corrected chi connectivity index (χ3v) is 3.24. The highest BCUT2D eigenvalue weighted by Gasteiger charge is 2.13. The first-order chi connectivity index (χ1) is 10.7. The van der Waals surface area contributed by atoms with Gasteiger partial charge in [0, 0.05) is 5.39 Å². The molecular weight excluding hydrogens is 282 g/mol. The van der Waals surface area contributed by atoms with Crippen LogP contribution in [0.25, 0.3) is 10.9 Å². The van der Waals surface area contributed by atoms with Gasteiger partial charge < -0.3 is 14.8 Å². The summed E-state index contributed by atoms with van der Waals surface area (Å²) in [4.78, 5) is 14.9. The maximum atomic E-state index is 12.1. The van der Waals surface area contributed by atoms with Crippen LogP contribution in [0.15, 0.2) is 58.8 Å². The topological polar surface area (TPSA) is 87.0 Å². The van der Waals surface area contributed by atoms with Crippen LogP contribution in [0.1, 0.15) is 10.4 Å². The van der Waals surface area contributed by atoms with Crippen LogP contribution in [-0.4, -0.2) is 23.1 Å². The summed E-state index contributed by atoms with van der Waals surface area (Å²) in [7, 11) is 1.48. The summed E-state index contributed by atoms with van der Waals surface area (Å²) in [6, 6.07) is 14.0. The summed E-state index contributed by atoms with van der Waals surface area (Å²) in [6.07, 6.45) is 0. The van der Waals surface area contributed by atoms with Gasteiger partial charge in [-0.2, -0.15) is 0 Å². The third kappa shape index (κ3) is 2.42. The van der Waals surface area contributed by atoms with Crippen LogP contribution in [0, 0.1) is 0 Å². The average molecular weight is 295 g/mol. The molecule has 0 saturated heterocycles. The molecule has 0 aliphatic rings. The van der Waals surface area contributed by atoms with Crippen LogP contribution in [0.5, 0.6) is 11.6 Å². The van der Waals surface area contributed by atoms with Crippen LogP contribution in [-0.2, 0) is 0 Å². The Bertz CT molecular complexity index is 868. The first kappa shape index (κ1) is 13.8. The molecule has 1 amide bonds. The molecule has 110 valence electrons. The van der Waals surface area contributed by atoms with Crippen molar-refractivity contribution in [2.24, 2.45) is 10.2 Å². The number of hydrogen-bond acceptors (Lipinski definition) is 4. The Morgan fingerprint density at radius 3 is 2.68 bits per heavy atom. The lowest BCUT2D eigenvalue weighted by Gasteiger charge is -2.03. The van der Waals surface area contributed by atoms with Crippen LogP contribution < -0.4 is 4.74 Å². The van der Waals surface area contributed by atoms with Crippen LogP contribution in [0.3, 0.4) is 0 Å². The van der Waals surface area contributed by atoms with Crippen molar-refractivity contribution < 1.29 is 14.6 Å². The molecule has 0 aliphatic carbocycles. The minimum atomic E-state index is -0.540. The summed E-state index contributed by atoms with van der Waals surface area (Å²) < 4.78 is 5.12. The van der Waals surface area contributed by atoms with Gasteiger partial charge in [0.05, 0.1) is 18.2 Å². The lowest BCUT2D eigenvalue weighted by Crippen LogP contribution is -1.97. The Labute approximate surface area is 126 Å². The Hall–Kier alpha value is -3.15. The lowest BCUT2D eigenvalue weighted by atomic mass is 10.2. The number of amides is 1. The molecule has 1 heterocycles. The number of aromatic amines is 1. The largest absolute Gasteiger partial charge is 0.496 e. The number of aromatic nitrogens is 1. The maximum Gasteiger partial charge on any atom is 0.299 e. The fraction of sp³-hybridized carbons (Fsp3) is 0.0625. The Balaban J connectivity index is 1.96. The average Bonchev–Trinajstić information content (AvgIpc) is 2.87. The summed E-state index contributed by atoms with van der Waals surface area (Å²) in [6.45, 7) is 0. The van der Waals surface area contributed by atoms with E-state index in [0.29, 0.717) is 16.7 Å². The molecule has 22 heavy (non-hydrogen) atoms. The molecule has 0 atom stereocenters.